The lowest BCUT2D eigenvalue weighted by atomic mass is 10.3. The van der Waals surface area contributed by atoms with Crippen LogP contribution in [0.5, 0.6) is 11.5 Å². The van der Waals surface area contributed by atoms with E-state index < -0.39 is 15.7 Å². The van der Waals surface area contributed by atoms with Crippen LogP contribution in [0.1, 0.15) is 19.8 Å². The van der Waals surface area contributed by atoms with Crippen LogP contribution in [0.15, 0.2) is 46.3 Å². The molecule has 0 saturated carbocycles. The lowest BCUT2D eigenvalue weighted by Crippen LogP contribution is -2.18. The van der Waals surface area contributed by atoms with Crippen molar-refractivity contribution in [1.29, 1.82) is 0 Å². The monoisotopic (exact) mass is 482 g/mol. The van der Waals surface area contributed by atoms with E-state index in [1.807, 2.05) is 17.6 Å². The first-order chi connectivity index (χ1) is 14.8. The number of nitrogens with zero attached hydrogens (tertiary/aromatic N) is 2. The standard InChI is InChI=1S/C21H23ClN2O5S2/c1-4-12-24-19-16(28-2)9-10-17(29-3)20(19)30-21(24)23-18(25)11-13-31(26,27)15-7-5-14(22)6-8-15/h5-10H,4,11-13H2,1-3H3. The van der Waals surface area contributed by atoms with Gasteiger partial charge in [0.2, 0.25) is 5.91 Å². The molecule has 1 aromatic heterocycles. The van der Waals surface area contributed by atoms with Crippen molar-refractivity contribution >= 4 is 48.9 Å². The maximum Gasteiger partial charge on any atom is 0.249 e. The SMILES string of the molecule is CCCn1c(=NC(=O)CCS(=O)(=O)c2ccc(Cl)cc2)sc2c(OC)ccc(OC)c21. The van der Waals surface area contributed by atoms with Crippen LogP contribution in [0.25, 0.3) is 10.2 Å². The van der Waals surface area contributed by atoms with Gasteiger partial charge in [-0.05, 0) is 42.8 Å². The van der Waals surface area contributed by atoms with Crippen LogP contribution in [0, 0.1) is 0 Å². The Bertz CT molecular complexity index is 1260. The normalized spacial score (nSPS) is 12.3. The maximum atomic E-state index is 12.6. The number of hydrogen-bond donors (Lipinski definition) is 0. The zero-order valence-corrected chi connectivity index (χ0v) is 19.8. The highest BCUT2D eigenvalue weighted by molar-refractivity contribution is 7.91. The number of benzene rings is 2. The zero-order valence-electron chi connectivity index (χ0n) is 17.4. The molecule has 0 N–H and O–H groups in total. The van der Waals surface area contributed by atoms with E-state index in [4.69, 9.17) is 21.1 Å². The van der Waals surface area contributed by atoms with Gasteiger partial charge in [-0.1, -0.05) is 29.9 Å². The fourth-order valence-electron chi connectivity index (χ4n) is 3.11. The first kappa shape index (κ1) is 23.3. The molecule has 0 aliphatic heterocycles. The van der Waals surface area contributed by atoms with E-state index in [1.165, 1.54) is 35.6 Å². The molecule has 1 heterocycles. The van der Waals surface area contributed by atoms with Gasteiger partial charge in [-0.3, -0.25) is 4.79 Å². The van der Waals surface area contributed by atoms with Crippen LogP contribution in [-0.4, -0.2) is 38.9 Å². The lowest BCUT2D eigenvalue weighted by Gasteiger charge is -2.09. The van der Waals surface area contributed by atoms with Crippen LogP contribution < -0.4 is 14.3 Å². The smallest absolute Gasteiger partial charge is 0.249 e. The molecule has 10 heteroatoms. The van der Waals surface area contributed by atoms with Gasteiger partial charge in [0.1, 0.15) is 21.7 Å². The molecule has 3 aromatic rings. The molecular formula is C21H23ClN2O5S2. The highest BCUT2D eigenvalue weighted by Crippen LogP contribution is 2.35. The van der Waals surface area contributed by atoms with Gasteiger partial charge in [0, 0.05) is 18.0 Å². The number of methoxy groups -OCH3 is 2. The van der Waals surface area contributed by atoms with Gasteiger partial charge in [-0.25, -0.2) is 8.42 Å². The lowest BCUT2D eigenvalue weighted by molar-refractivity contribution is -0.117. The van der Waals surface area contributed by atoms with Gasteiger partial charge in [-0.15, -0.1) is 0 Å². The van der Waals surface area contributed by atoms with Gasteiger partial charge in [0.15, 0.2) is 14.6 Å². The molecule has 3 rings (SSSR count). The third-order valence-corrected chi connectivity index (χ3v) is 7.69. The number of ether oxygens (including phenoxy) is 2. The van der Waals surface area contributed by atoms with Crippen molar-refractivity contribution in [3.63, 3.8) is 0 Å². The molecule has 0 aliphatic carbocycles. The van der Waals surface area contributed by atoms with E-state index in [0.29, 0.717) is 27.9 Å². The number of fused-ring (bicyclic) bond motifs is 1. The van der Waals surface area contributed by atoms with Crippen LogP contribution in [-0.2, 0) is 21.2 Å². The highest BCUT2D eigenvalue weighted by Gasteiger charge is 2.18. The highest BCUT2D eigenvalue weighted by atomic mass is 35.5. The minimum absolute atomic E-state index is 0.127. The molecule has 166 valence electrons. The summed E-state index contributed by atoms with van der Waals surface area (Å²) in [6, 6.07) is 9.49. The molecule has 0 radical (unpaired) electrons. The summed E-state index contributed by atoms with van der Waals surface area (Å²) in [6.07, 6.45) is 0.595. The van der Waals surface area contributed by atoms with Crippen molar-refractivity contribution in [2.24, 2.45) is 4.99 Å². The van der Waals surface area contributed by atoms with E-state index in [0.717, 1.165) is 16.6 Å². The number of rotatable bonds is 8. The minimum Gasteiger partial charge on any atom is -0.495 e. The van der Waals surface area contributed by atoms with Crippen molar-refractivity contribution in [1.82, 2.24) is 4.57 Å². The molecular weight excluding hydrogens is 460 g/mol. The summed E-state index contributed by atoms with van der Waals surface area (Å²) < 4.78 is 38.7. The Labute approximate surface area is 189 Å². The largest absolute Gasteiger partial charge is 0.495 e. The second kappa shape index (κ2) is 9.84. The topological polar surface area (TPSA) is 87.0 Å². The number of hydrogen-bond acceptors (Lipinski definition) is 6. The molecule has 0 saturated heterocycles. The summed E-state index contributed by atoms with van der Waals surface area (Å²) in [7, 11) is -0.453. The molecule has 2 aromatic carbocycles. The number of sulfone groups is 1. The Morgan fingerprint density at radius 1 is 1.10 bits per heavy atom. The Morgan fingerprint density at radius 3 is 2.35 bits per heavy atom. The fraction of sp³-hybridized carbons (Fsp3) is 0.333. The first-order valence-corrected chi connectivity index (χ1v) is 12.5. The number of amides is 1. The second-order valence-corrected chi connectivity index (χ2v) is 10.2. The van der Waals surface area contributed by atoms with Crippen molar-refractivity contribution in [3.05, 3.63) is 46.2 Å². The average Bonchev–Trinajstić information content (AvgIpc) is 3.10. The zero-order chi connectivity index (χ0) is 22.6. The molecule has 0 aliphatic rings. The number of halogens is 1. The molecule has 0 fully saturated rings. The van der Waals surface area contributed by atoms with E-state index in [-0.39, 0.29) is 17.1 Å². The summed E-state index contributed by atoms with van der Waals surface area (Å²) in [5, 5.41) is 0.445. The summed E-state index contributed by atoms with van der Waals surface area (Å²) in [6.45, 7) is 2.64. The summed E-state index contributed by atoms with van der Waals surface area (Å²) in [5.74, 6) is 0.471. The summed E-state index contributed by atoms with van der Waals surface area (Å²) >= 11 is 7.12. The number of carbonyl (C=O) groups is 1. The minimum atomic E-state index is -3.61. The number of thiazole rings is 1. The Kier molecular flexibility index (Phi) is 7.40. The Balaban J connectivity index is 1.95. The van der Waals surface area contributed by atoms with Crippen molar-refractivity contribution in [2.45, 2.75) is 31.2 Å². The van der Waals surface area contributed by atoms with Crippen LogP contribution in [0.3, 0.4) is 0 Å². The molecule has 0 unspecified atom stereocenters. The van der Waals surface area contributed by atoms with Crippen LogP contribution >= 0.6 is 22.9 Å². The van der Waals surface area contributed by atoms with Gasteiger partial charge >= 0.3 is 0 Å². The second-order valence-electron chi connectivity index (χ2n) is 6.71. The van der Waals surface area contributed by atoms with Crippen molar-refractivity contribution in [3.8, 4) is 11.5 Å². The molecule has 0 spiro atoms. The fourth-order valence-corrected chi connectivity index (χ4v) is 5.65. The summed E-state index contributed by atoms with van der Waals surface area (Å²) in [5.41, 5.74) is 0.800. The number of aryl methyl sites for hydroxylation is 1. The average molecular weight is 483 g/mol. The third-order valence-electron chi connectivity index (χ3n) is 4.62. The van der Waals surface area contributed by atoms with Gasteiger partial charge in [0.05, 0.1) is 24.9 Å². The van der Waals surface area contributed by atoms with E-state index >= 15 is 0 Å². The quantitative estimate of drug-likeness (QED) is 0.483. The molecule has 31 heavy (non-hydrogen) atoms. The molecule has 0 atom stereocenters. The molecule has 7 nitrogen and oxygen atoms in total. The van der Waals surface area contributed by atoms with Crippen LogP contribution in [0.2, 0.25) is 5.02 Å². The van der Waals surface area contributed by atoms with Gasteiger partial charge < -0.3 is 14.0 Å². The number of aromatic nitrogens is 1. The predicted octanol–water partition coefficient (Wildman–Crippen LogP) is 4.07. The molecule has 0 bridgehead atoms. The third kappa shape index (κ3) is 5.11. The van der Waals surface area contributed by atoms with E-state index in [1.54, 1.807) is 20.3 Å². The van der Waals surface area contributed by atoms with Crippen LogP contribution in [0.4, 0.5) is 0 Å². The Morgan fingerprint density at radius 2 is 1.74 bits per heavy atom. The van der Waals surface area contributed by atoms with Crippen molar-refractivity contribution in [2.75, 3.05) is 20.0 Å². The summed E-state index contributed by atoms with van der Waals surface area (Å²) in [4.78, 5) is 17.4. The Hall–Kier alpha value is -2.36. The maximum absolute atomic E-state index is 12.6. The van der Waals surface area contributed by atoms with Crippen molar-refractivity contribution < 1.29 is 22.7 Å². The predicted molar refractivity (Wildman–Crippen MR) is 122 cm³/mol. The molecule has 1 amide bonds. The van der Waals surface area contributed by atoms with Gasteiger partial charge in [-0.2, -0.15) is 4.99 Å². The van der Waals surface area contributed by atoms with E-state index in [2.05, 4.69) is 4.99 Å². The first-order valence-electron chi connectivity index (χ1n) is 9.61. The number of carbonyl (C=O) groups excluding carboxylic acids is 1. The van der Waals surface area contributed by atoms with E-state index in [9.17, 15) is 13.2 Å². The van der Waals surface area contributed by atoms with Gasteiger partial charge in [0.25, 0.3) is 0 Å².